The van der Waals surface area contributed by atoms with Crippen LogP contribution in [0.15, 0.2) is 90.3 Å². The molecule has 4 fully saturated rings. The number of rotatable bonds is 13. The number of cyclic esters (lactones) is 1. The lowest BCUT2D eigenvalue weighted by Crippen LogP contribution is -2.64. The van der Waals surface area contributed by atoms with Gasteiger partial charge in [-0.05, 0) is 137 Å². The molecule has 5 aliphatic rings. The van der Waals surface area contributed by atoms with Crippen molar-refractivity contribution in [3.8, 4) is 22.3 Å². The Morgan fingerprint density at radius 1 is 0.875 bits per heavy atom. The Bertz CT molecular complexity index is 3140. The zero-order chi connectivity index (χ0) is 63.0. The van der Waals surface area contributed by atoms with Crippen LogP contribution in [0.5, 0.6) is 0 Å². The zero-order valence-electron chi connectivity index (χ0n) is 52.3. The third-order valence-electron chi connectivity index (χ3n) is 19.6. The number of carbonyl (C=O) groups excluding carboxylic acids is 5. The van der Waals surface area contributed by atoms with Crippen molar-refractivity contribution in [2.45, 2.75) is 173 Å². The number of halogens is 1. The Labute approximate surface area is 523 Å². The van der Waals surface area contributed by atoms with Crippen molar-refractivity contribution in [3.63, 3.8) is 0 Å². The molecular weight excluding hydrogens is 1140 g/mol. The topological polar surface area (TPSA) is 242 Å². The van der Waals surface area contributed by atoms with Crippen LogP contribution in [-0.4, -0.2) is 176 Å². The summed E-state index contributed by atoms with van der Waals surface area (Å²) < 4.78 is 24.7. The summed E-state index contributed by atoms with van der Waals surface area (Å²) in [6.45, 7) is 12.3. The summed E-state index contributed by atoms with van der Waals surface area (Å²) in [5.41, 5.74) is 7.59. The summed E-state index contributed by atoms with van der Waals surface area (Å²) in [4.78, 5) is 85.8. The number of hydrogen-bond donors (Lipinski definition) is 5. The minimum Gasteiger partial charge on any atom is -0.456 e. The van der Waals surface area contributed by atoms with Crippen LogP contribution in [-0.2, 0) is 49.5 Å². The standard InChI is InChI=1S/C69H92ClN5O13/c1-41-28-42(2)30-60(85-6)64-61(86-7)32-44(4)69(84,88-64)65(81)67(82)75-23-9-8-15-56(75)68(83)87-63(43(3)31-47-19-22-57(77)52(33-47)40-76)45(5)58(78)36-59(79)50(29-41)13-11-16-62(80)74-26-24-73(25-27-74)39-46-17-20-48(21-18-46)51-35-54-55(38-72-66(54)71-37-51)49-12-10-14-53(70)34-49/h10,12,14,17-18,20-21,29,31,34-35,37-38,42,44-45,47,50,52,56-58,60-61,63-64,76-78,84H,8-9,11,13,15-16,19,22-28,30,32-33,36,39-40H2,1-7H3,(H,71,72)/b41-29+,43-31+/t42-,44+,45+,47-,50+,52-,56-,57+,58-,60-,61-,63+,64+,69+/m0/s1. The zero-order valence-corrected chi connectivity index (χ0v) is 53.0. The molecule has 19 heteroatoms. The number of allylic oxidation sites excluding steroid dienone is 3. The van der Waals surface area contributed by atoms with E-state index < -0.39 is 83.9 Å². The molecule has 6 heterocycles. The van der Waals surface area contributed by atoms with E-state index in [9.17, 15) is 44.4 Å². The molecule has 4 aromatic rings. The van der Waals surface area contributed by atoms with Crippen molar-refractivity contribution in [2.24, 2.45) is 35.5 Å². The maximum Gasteiger partial charge on any atom is 0.329 e. The molecule has 478 valence electrons. The fraction of sp³-hybridized carbons (Fsp3) is 0.594. The Morgan fingerprint density at radius 3 is 2.33 bits per heavy atom. The van der Waals surface area contributed by atoms with Gasteiger partial charge in [-0.2, -0.15) is 0 Å². The van der Waals surface area contributed by atoms with Crippen LogP contribution >= 0.6 is 11.6 Å². The molecule has 9 rings (SSSR count). The van der Waals surface area contributed by atoms with E-state index in [0.717, 1.165) is 45.4 Å². The number of nitrogens with one attached hydrogen (secondary N) is 1. The average Bonchev–Trinajstić information content (AvgIpc) is 1.06. The van der Waals surface area contributed by atoms with Crippen molar-refractivity contribution >= 4 is 52.0 Å². The monoisotopic (exact) mass is 1230 g/mol. The van der Waals surface area contributed by atoms with Gasteiger partial charge >= 0.3 is 5.97 Å². The molecule has 1 saturated carbocycles. The summed E-state index contributed by atoms with van der Waals surface area (Å²) in [6.07, 6.45) is 7.06. The van der Waals surface area contributed by atoms with Crippen LogP contribution < -0.4 is 0 Å². The predicted molar refractivity (Wildman–Crippen MR) is 335 cm³/mol. The number of carbonyl (C=O) groups is 5. The van der Waals surface area contributed by atoms with Gasteiger partial charge in [-0.1, -0.05) is 86.5 Å². The Balaban J connectivity index is 0.893. The molecule has 18 nitrogen and oxygen atoms in total. The second-order valence-electron chi connectivity index (χ2n) is 26.0. The van der Waals surface area contributed by atoms with E-state index >= 15 is 0 Å². The Kier molecular flexibility index (Phi) is 22.7. The van der Waals surface area contributed by atoms with Gasteiger partial charge in [0, 0.05) is 131 Å². The second kappa shape index (κ2) is 30.0. The number of ether oxygens (including phenoxy) is 4. The van der Waals surface area contributed by atoms with Crippen molar-refractivity contribution in [1.82, 2.24) is 24.7 Å². The van der Waals surface area contributed by atoms with E-state index in [0.29, 0.717) is 94.6 Å². The van der Waals surface area contributed by atoms with Gasteiger partial charge < -0.3 is 54.2 Å². The maximum atomic E-state index is 14.8. The van der Waals surface area contributed by atoms with Crippen LogP contribution in [0.25, 0.3) is 33.3 Å². The van der Waals surface area contributed by atoms with Crippen LogP contribution in [0, 0.1) is 35.5 Å². The van der Waals surface area contributed by atoms with Crippen LogP contribution in [0.2, 0.25) is 5.02 Å². The second-order valence-corrected chi connectivity index (χ2v) is 26.4. The SMILES string of the molecule is CO[C@H]1C[C@@H](C)C/C(C)=C/[C@@H](CCCC(=O)N2CCN(Cc3ccc(-c4cnc5[nH]cc(-c6cccc(Cl)c6)c5c4)cc3)CC2)C(=O)C[C@H](O)[C@@H](C)[C@@H](/C(C)=C/[C@@H]2CC[C@@H](O)[C@H](CO)C2)OC(=O)[C@@H]2CCCCN2C(=O)C(=O)[C@]2(O)O[C@H]1[C@@H](OC)C[C@H]2C. The van der Waals surface area contributed by atoms with E-state index in [1.165, 1.54) is 24.7 Å². The highest BCUT2D eigenvalue weighted by molar-refractivity contribution is 6.39. The van der Waals surface area contributed by atoms with E-state index in [-0.39, 0.29) is 68.3 Å². The molecule has 88 heavy (non-hydrogen) atoms. The number of fused-ring (bicyclic) bond motifs is 4. The first-order chi connectivity index (χ1) is 42.2. The number of hydrogen-bond acceptors (Lipinski definition) is 15. The lowest BCUT2D eigenvalue weighted by Gasteiger charge is -2.47. The molecule has 2 amide bonds. The molecule has 0 spiro atoms. The first-order valence-corrected chi connectivity index (χ1v) is 32.3. The number of esters is 1. The number of pyridine rings is 1. The van der Waals surface area contributed by atoms with E-state index in [4.69, 9.17) is 35.5 Å². The van der Waals surface area contributed by atoms with Crippen molar-refractivity contribution in [1.29, 1.82) is 0 Å². The van der Waals surface area contributed by atoms with E-state index in [1.54, 1.807) is 20.8 Å². The first-order valence-electron chi connectivity index (χ1n) is 31.9. The largest absolute Gasteiger partial charge is 0.456 e. The number of piperidine rings is 1. The van der Waals surface area contributed by atoms with Gasteiger partial charge in [-0.25, -0.2) is 9.78 Å². The Hall–Kier alpha value is -5.67. The molecule has 4 aliphatic heterocycles. The molecule has 3 saturated heterocycles. The van der Waals surface area contributed by atoms with Gasteiger partial charge in [0.25, 0.3) is 11.7 Å². The molecule has 0 radical (unpaired) electrons. The highest BCUT2D eigenvalue weighted by Gasteiger charge is 2.57. The third kappa shape index (κ3) is 15.7. The van der Waals surface area contributed by atoms with Gasteiger partial charge in [0.2, 0.25) is 11.7 Å². The molecule has 2 aromatic carbocycles. The predicted octanol–water partition coefficient (Wildman–Crippen LogP) is 9.03. The quantitative estimate of drug-likeness (QED) is 0.0477. The maximum absolute atomic E-state index is 14.8. The Morgan fingerprint density at radius 2 is 1.61 bits per heavy atom. The number of aromatic amines is 1. The fourth-order valence-corrected chi connectivity index (χ4v) is 14.5. The lowest BCUT2D eigenvalue weighted by molar-refractivity contribution is -0.302. The number of Topliss-reactive ketones (excluding diaryl/α,β-unsaturated/α-hetero) is 2. The number of amides is 2. The van der Waals surface area contributed by atoms with Gasteiger partial charge in [-0.15, -0.1) is 0 Å². The minimum atomic E-state index is -2.57. The number of ketones is 2. The summed E-state index contributed by atoms with van der Waals surface area (Å²) >= 11 is 6.33. The number of aromatic nitrogens is 2. The molecule has 14 atom stereocenters. The normalized spacial score (nSPS) is 32.0. The van der Waals surface area contributed by atoms with E-state index in [2.05, 4.69) is 40.2 Å². The number of nitrogens with zero attached hydrogens (tertiary/aromatic N) is 4. The van der Waals surface area contributed by atoms with Crippen LogP contribution in [0.1, 0.15) is 124 Å². The van der Waals surface area contributed by atoms with Gasteiger partial charge in [0.1, 0.15) is 29.7 Å². The fourth-order valence-electron chi connectivity index (χ4n) is 14.3. The third-order valence-corrected chi connectivity index (χ3v) is 19.8. The van der Waals surface area contributed by atoms with Crippen LogP contribution in [0.4, 0.5) is 0 Å². The van der Waals surface area contributed by atoms with Gasteiger partial charge in [0.05, 0.1) is 24.4 Å². The molecule has 5 N–H and O–H groups in total. The lowest BCUT2D eigenvalue weighted by atomic mass is 9.78. The smallest absolute Gasteiger partial charge is 0.329 e. The highest BCUT2D eigenvalue weighted by atomic mass is 35.5. The molecular formula is C69H92ClN5O13. The van der Waals surface area contributed by atoms with E-state index in [1.807, 2.05) is 67.6 Å². The molecule has 1 aliphatic carbocycles. The summed E-state index contributed by atoms with van der Waals surface area (Å²) in [5.74, 6) is -8.74. The van der Waals surface area contributed by atoms with Gasteiger partial charge in [-0.3, -0.25) is 24.1 Å². The van der Waals surface area contributed by atoms with Crippen molar-refractivity contribution < 1.29 is 63.3 Å². The minimum absolute atomic E-state index is 0.0180. The van der Waals surface area contributed by atoms with Crippen molar-refractivity contribution in [2.75, 3.05) is 53.6 Å². The highest BCUT2D eigenvalue weighted by Crippen LogP contribution is 2.40. The molecule has 2 bridgehead atoms. The molecule has 2 aromatic heterocycles. The summed E-state index contributed by atoms with van der Waals surface area (Å²) in [6, 6.07) is 17.3. The number of piperazine rings is 1. The average molecular weight is 1230 g/mol. The number of H-pyrrole nitrogens is 1. The van der Waals surface area contributed by atoms with Crippen LogP contribution in [0.3, 0.4) is 0 Å². The summed E-state index contributed by atoms with van der Waals surface area (Å²) in [7, 11) is 3.04. The molecule has 0 unspecified atom stereocenters. The number of aliphatic hydroxyl groups excluding tert-OH is 3. The summed E-state index contributed by atoms with van der Waals surface area (Å²) in [5, 5.41) is 46.8. The number of aliphatic hydroxyl groups is 4. The van der Waals surface area contributed by atoms with Gasteiger partial charge in [0.15, 0.2) is 0 Å². The first kappa shape index (κ1) is 66.7. The number of methoxy groups -OCH3 is 2. The number of benzene rings is 2. The van der Waals surface area contributed by atoms with Crippen molar-refractivity contribution in [3.05, 3.63) is 101 Å².